The highest BCUT2D eigenvalue weighted by Gasteiger charge is 2.17. The van der Waals surface area contributed by atoms with Crippen molar-refractivity contribution in [2.75, 3.05) is 26.7 Å². The van der Waals surface area contributed by atoms with Crippen LogP contribution in [-0.2, 0) is 0 Å². The number of amides is 1. The van der Waals surface area contributed by atoms with E-state index in [1.54, 1.807) is 0 Å². The number of rotatable bonds is 4. The smallest absolute Gasteiger partial charge is 0.261 e. The molecule has 3 nitrogen and oxygen atoms in total. The molecule has 0 saturated carbocycles. The molecule has 1 aliphatic heterocycles. The Bertz CT molecular complexity index is 419. The highest BCUT2D eigenvalue weighted by Crippen LogP contribution is 2.27. The Labute approximate surface area is 127 Å². The molecule has 106 valence electrons. The first-order valence-electron chi connectivity index (χ1n) is 6.79. The molecule has 2 rings (SSSR count). The summed E-state index contributed by atoms with van der Waals surface area (Å²) in [6.45, 7) is 5.18. The summed E-state index contributed by atoms with van der Waals surface area (Å²) in [6, 6.07) is 1.94. The first kappa shape index (κ1) is 15.0. The van der Waals surface area contributed by atoms with Gasteiger partial charge < -0.3 is 10.2 Å². The minimum Gasteiger partial charge on any atom is -0.351 e. The number of nitrogens with one attached hydrogen (secondary N) is 1. The number of aryl methyl sites for hydroxylation is 1. The third-order valence-corrected chi connectivity index (χ3v) is 5.89. The predicted octanol–water partition coefficient (Wildman–Crippen LogP) is 3.28. The molecule has 1 amide bonds. The van der Waals surface area contributed by atoms with Gasteiger partial charge >= 0.3 is 0 Å². The van der Waals surface area contributed by atoms with Gasteiger partial charge in [0.1, 0.15) is 0 Å². The van der Waals surface area contributed by atoms with E-state index in [1.165, 1.54) is 37.3 Å². The average Bonchev–Trinajstić information content (AvgIpc) is 2.72. The molecule has 19 heavy (non-hydrogen) atoms. The van der Waals surface area contributed by atoms with Crippen LogP contribution in [0.4, 0.5) is 0 Å². The fourth-order valence-electron chi connectivity index (χ4n) is 2.40. The Balaban J connectivity index is 1.72. The molecule has 2 heterocycles. The van der Waals surface area contributed by atoms with Crippen LogP contribution in [0.25, 0.3) is 0 Å². The van der Waals surface area contributed by atoms with Gasteiger partial charge in [0, 0.05) is 6.54 Å². The lowest BCUT2D eigenvalue weighted by atomic mass is 9.94. The first-order valence-corrected chi connectivity index (χ1v) is 8.40. The molecular weight excluding hydrogens is 324 g/mol. The quantitative estimate of drug-likeness (QED) is 0.908. The number of thiophene rings is 1. The molecular formula is C14H21BrN2OS. The standard InChI is InChI=1S/C14H21BrN2OS/c1-10-9-12(19-13(10)15)14(18)16-6-3-11-4-7-17(2)8-5-11/h9,11H,3-8H2,1-2H3,(H,16,18). The van der Waals surface area contributed by atoms with Crippen LogP contribution in [-0.4, -0.2) is 37.5 Å². The maximum atomic E-state index is 12.0. The summed E-state index contributed by atoms with van der Waals surface area (Å²) in [5, 5.41) is 3.04. The number of nitrogens with zero attached hydrogens (tertiary/aromatic N) is 1. The number of carbonyl (C=O) groups is 1. The van der Waals surface area contributed by atoms with Crippen molar-refractivity contribution in [3.8, 4) is 0 Å². The second kappa shape index (κ2) is 6.86. The fourth-order valence-corrected chi connectivity index (χ4v) is 3.85. The van der Waals surface area contributed by atoms with E-state index in [9.17, 15) is 4.79 Å². The van der Waals surface area contributed by atoms with Crippen molar-refractivity contribution in [3.63, 3.8) is 0 Å². The van der Waals surface area contributed by atoms with Crippen LogP contribution in [0.1, 0.15) is 34.5 Å². The van der Waals surface area contributed by atoms with Crippen LogP contribution in [0.5, 0.6) is 0 Å². The second-order valence-electron chi connectivity index (χ2n) is 5.36. The molecule has 1 aromatic rings. The predicted molar refractivity (Wildman–Crippen MR) is 83.9 cm³/mol. The zero-order valence-corrected chi connectivity index (χ0v) is 13.9. The third-order valence-electron chi connectivity index (χ3n) is 3.76. The summed E-state index contributed by atoms with van der Waals surface area (Å²) >= 11 is 4.96. The molecule has 5 heteroatoms. The largest absolute Gasteiger partial charge is 0.351 e. The van der Waals surface area contributed by atoms with Crippen molar-refractivity contribution < 1.29 is 4.79 Å². The zero-order chi connectivity index (χ0) is 13.8. The summed E-state index contributed by atoms with van der Waals surface area (Å²) in [5.74, 6) is 0.833. The number of hydrogen-bond donors (Lipinski definition) is 1. The van der Waals surface area contributed by atoms with Gasteiger partial charge in [-0.3, -0.25) is 4.79 Å². The van der Waals surface area contributed by atoms with Crippen molar-refractivity contribution in [1.29, 1.82) is 0 Å². The molecule has 0 atom stereocenters. The second-order valence-corrected chi connectivity index (χ2v) is 7.73. The van der Waals surface area contributed by atoms with Crippen molar-refractivity contribution in [3.05, 3.63) is 20.3 Å². The average molecular weight is 345 g/mol. The number of piperidine rings is 1. The molecule has 0 aliphatic carbocycles. The summed E-state index contributed by atoms with van der Waals surface area (Å²) in [5.41, 5.74) is 1.13. The SMILES string of the molecule is Cc1cc(C(=O)NCCC2CCN(C)CC2)sc1Br. The summed E-state index contributed by atoms with van der Waals surface area (Å²) in [6.07, 6.45) is 3.62. The van der Waals surface area contributed by atoms with Crippen LogP contribution >= 0.6 is 27.3 Å². The molecule has 1 aliphatic rings. The lowest BCUT2D eigenvalue weighted by Gasteiger charge is -2.28. The highest BCUT2D eigenvalue weighted by atomic mass is 79.9. The molecule has 0 aromatic carbocycles. The minimum absolute atomic E-state index is 0.0618. The van der Waals surface area contributed by atoms with E-state index in [-0.39, 0.29) is 5.91 Å². The van der Waals surface area contributed by atoms with Crippen LogP contribution in [0, 0.1) is 12.8 Å². The first-order chi connectivity index (χ1) is 9.06. The lowest BCUT2D eigenvalue weighted by molar-refractivity contribution is 0.0953. The maximum Gasteiger partial charge on any atom is 0.261 e. The van der Waals surface area contributed by atoms with Crippen molar-refractivity contribution in [1.82, 2.24) is 10.2 Å². The lowest BCUT2D eigenvalue weighted by Crippen LogP contribution is -2.32. The van der Waals surface area contributed by atoms with Crippen LogP contribution in [0.2, 0.25) is 0 Å². The molecule has 1 fully saturated rings. The van der Waals surface area contributed by atoms with E-state index < -0.39 is 0 Å². The summed E-state index contributed by atoms with van der Waals surface area (Å²) in [4.78, 5) is 15.1. The van der Waals surface area contributed by atoms with E-state index in [2.05, 4.69) is 33.2 Å². The Hall–Kier alpha value is -0.390. The number of likely N-dealkylation sites (tertiary alicyclic amines) is 1. The molecule has 1 N–H and O–H groups in total. The van der Waals surface area contributed by atoms with Crippen molar-refractivity contribution in [2.45, 2.75) is 26.2 Å². The van der Waals surface area contributed by atoms with Gasteiger partial charge in [-0.2, -0.15) is 0 Å². The normalized spacial score (nSPS) is 17.6. The number of carbonyl (C=O) groups excluding carboxylic acids is 1. The summed E-state index contributed by atoms with van der Waals surface area (Å²) < 4.78 is 1.05. The zero-order valence-electron chi connectivity index (χ0n) is 11.5. The topological polar surface area (TPSA) is 32.3 Å². The van der Waals surface area contributed by atoms with E-state index >= 15 is 0 Å². The highest BCUT2D eigenvalue weighted by molar-refractivity contribution is 9.11. The van der Waals surface area contributed by atoms with Gasteiger partial charge in [0.25, 0.3) is 5.91 Å². The van der Waals surface area contributed by atoms with Gasteiger partial charge in [-0.1, -0.05) is 0 Å². The van der Waals surface area contributed by atoms with E-state index in [0.717, 1.165) is 33.1 Å². The van der Waals surface area contributed by atoms with Gasteiger partial charge in [-0.05, 0) is 79.8 Å². The molecule has 0 radical (unpaired) electrons. The van der Waals surface area contributed by atoms with Crippen LogP contribution < -0.4 is 5.32 Å². The van der Waals surface area contributed by atoms with E-state index in [0.29, 0.717) is 0 Å². The van der Waals surface area contributed by atoms with Gasteiger partial charge in [0.2, 0.25) is 0 Å². The minimum atomic E-state index is 0.0618. The number of hydrogen-bond acceptors (Lipinski definition) is 3. The molecule has 0 unspecified atom stereocenters. The Kier molecular flexibility index (Phi) is 5.42. The fraction of sp³-hybridized carbons (Fsp3) is 0.643. The van der Waals surface area contributed by atoms with Crippen LogP contribution in [0.3, 0.4) is 0 Å². The van der Waals surface area contributed by atoms with Gasteiger partial charge in [-0.15, -0.1) is 11.3 Å². The Morgan fingerprint density at radius 3 is 2.79 bits per heavy atom. The van der Waals surface area contributed by atoms with E-state index in [1.807, 2.05) is 13.0 Å². The molecule has 1 saturated heterocycles. The van der Waals surface area contributed by atoms with E-state index in [4.69, 9.17) is 0 Å². The monoisotopic (exact) mass is 344 g/mol. The van der Waals surface area contributed by atoms with Crippen LogP contribution in [0.15, 0.2) is 9.85 Å². The Morgan fingerprint density at radius 2 is 2.21 bits per heavy atom. The summed E-state index contributed by atoms with van der Waals surface area (Å²) in [7, 11) is 2.18. The molecule has 1 aromatic heterocycles. The van der Waals surface area contributed by atoms with Gasteiger partial charge in [-0.25, -0.2) is 0 Å². The van der Waals surface area contributed by atoms with Crippen molar-refractivity contribution >= 4 is 33.2 Å². The third kappa shape index (κ3) is 4.29. The number of halogens is 1. The maximum absolute atomic E-state index is 12.0. The molecule has 0 bridgehead atoms. The van der Waals surface area contributed by atoms with Gasteiger partial charge in [0.15, 0.2) is 0 Å². The molecule has 0 spiro atoms. The Morgan fingerprint density at radius 1 is 1.53 bits per heavy atom. The van der Waals surface area contributed by atoms with Gasteiger partial charge in [0.05, 0.1) is 8.66 Å². The van der Waals surface area contributed by atoms with Crippen molar-refractivity contribution in [2.24, 2.45) is 5.92 Å².